The first-order chi connectivity index (χ1) is 13.5. The molecule has 1 saturated heterocycles. The van der Waals surface area contributed by atoms with Gasteiger partial charge in [0.15, 0.2) is 0 Å². The summed E-state index contributed by atoms with van der Waals surface area (Å²) < 4.78 is 0. The molecule has 7 heteroatoms. The van der Waals surface area contributed by atoms with Crippen molar-refractivity contribution in [1.29, 1.82) is 0 Å². The Kier molecular flexibility index (Phi) is 6.49. The lowest BCUT2D eigenvalue weighted by Gasteiger charge is -2.30. The van der Waals surface area contributed by atoms with Crippen LogP contribution in [0.15, 0.2) is 59.7 Å². The molecule has 3 rings (SSSR count). The van der Waals surface area contributed by atoms with Crippen LogP contribution in [0.4, 0.5) is 5.69 Å². The van der Waals surface area contributed by atoms with Crippen LogP contribution < -0.4 is 5.43 Å². The fourth-order valence-electron chi connectivity index (χ4n) is 3.31. The molecule has 7 nitrogen and oxygen atoms in total. The normalized spacial score (nSPS) is 16.0. The first kappa shape index (κ1) is 19.7. The first-order valence-electron chi connectivity index (χ1n) is 9.38. The number of hydrogen-bond acceptors (Lipinski definition) is 5. The molecule has 2 aromatic carbocycles. The summed E-state index contributed by atoms with van der Waals surface area (Å²) in [5.74, 6) is -0.0781. The van der Waals surface area contributed by atoms with E-state index in [1.807, 2.05) is 37.3 Å². The Morgan fingerprint density at radius 1 is 1.14 bits per heavy atom. The summed E-state index contributed by atoms with van der Waals surface area (Å²) in [7, 11) is 0. The zero-order valence-corrected chi connectivity index (χ0v) is 15.9. The minimum atomic E-state index is -0.393. The van der Waals surface area contributed by atoms with E-state index in [2.05, 4.69) is 15.4 Å². The highest BCUT2D eigenvalue weighted by Gasteiger charge is 2.25. The number of nitrogens with one attached hydrogen (secondary N) is 1. The number of carbonyl (C=O) groups excluding carboxylic acids is 1. The molecule has 0 spiro atoms. The van der Waals surface area contributed by atoms with Gasteiger partial charge in [-0.15, -0.1) is 0 Å². The molecule has 1 fully saturated rings. The number of nitrogens with zero attached hydrogens (tertiary/aromatic N) is 3. The third kappa shape index (κ3) is 5.23. The van der Waals surface area contributed by atoms with Crippen molar-refractivity contribution in [3.8, 4) is 0 Å². The van der Waals surface area contributed by atoms with Crippen LogP contribution >= 0.6 is 0 Å². The van der Waals surface area contributed by atoms with Crippen molar-refractivity contribution < 1.29 is 9.72 Å². The number of carbonyl (C=O) groups is 1. The molecule has 28 heavy (non-hydrogen) atoms. The summed E-state index contributed by atoms with van der Waals surface area (Å²) in [5, 5.41) is 15.0. The van der Waals surface area contributed by atoms with Gasteiger partial charge in [0.2, 0.25) is 5.91 Å². The van der Waals surface area contributed by atoms with E-state index in [9.17, 15) is 14.9 Å². The van der Waals surface area contributed by atoms with Crippen LogP contribution in [0.3, 0.4) is 0 Å². The van der Waals surface area contributed by atoms with E-state index in [0.717, 1.165) is 49.3 Å². The lowest BCUT2D eigenvalue weighted by molar-refractivity contribution is -0.384. The van der Waals surface area contributed by atoms with Crippen molar-refractivity contribution in [2.75, 3.05) is 13.1 Å². The monoisotopic (exact) mass is 380 g/mol. The summed E-state index contributed by atoms with van der Waals surface area (Å²) in [6.07, 6.45) is 1.55. The molecule has 0 aliphatic carbocycles. The van der Waals surface area contributed by atoms with E-state index < -0.39 is 4.92 Å². The number of nitro groups is 1. The number of hydrazone groups is 1. The Hall–Kier alpha value is -3.06. The van der Waals surface area contributed by atoms with Crippen molar-refractivity contribution in [3.05, 3.63) is 75.8 Å². The Labute approximate surface area is 164 Å². The van der Waals surface area contributed by atoms with Gasteiger partial charge in [0.25, 0.3) is 5.69 Å². The number of piperidine rings is 1. The topological polar surface area (TPSA) is 87.8 Å². The Morgan fingerprint density at radius 3 is 2.39 bits per heavy atom. The maximum Gasteiger partial charge on any atom is 0.269 e. The minimum Gasteiger partial charge on any atom is -0.299 e. The van der Waals surface area contributed by atoms with Gasteiger partial charge >= 0.3 is 0 Å². The Morgan fingerprint density at radius 2 is 1.79 bits per heavy atom. The number of likely N-dealkylation sites (tertiary alicyclic amines) is 1. The molecule has 1 amide bonds. The van der Waals surface area contributed by atoms with Gasteiger partial charge in [-0.2, -0.15) is 5.10 Å². The van der Waals surface area contributed by atoms with E-state index in [0.29, 0.717) is 0 Å². The lowest BCUT2D eigenvalue weighted by atomic mass is 9.96. The molecular formula is C21H24N4O3. The molecule has 1 heterocycles. The average Bonchev–Trinajstić information content (AvgIpc) is 2.73. The third-order valence-electron chi connectivity index (χ3n) is 5.04. The molecular weight excluding hydrogens is 356 g/mol. The second-order valence-corrected chi connectivity index (χ2v) is 7.01. The smallest absolute Gasteiger partial charge is 0.269 e. The second-order valence-electron chi connectivity index (χ2n) is 7.01. The third-order valence-corrected chi connectivity index (χ3v) is 5.04. The van der Waals surface area contributed by atoms with Gasteiger partial charge in [0, 0.05) is 24.6 Å². The van der Waals surface area contributed by atoms with E-state index >= 15 is 0 Å². The maximum absolute atomic E-state index is 12.4. The van der Waals surface area contributed by atoms with Crippen LogP contribution in [0, 0.1) is 16.0 Å². The van der Waals surface area contributed by atoms with Crippen LogP contribution in [0.5, 0.6) is 0 Å². The number of benzene rings is 2. The van der Waals surface area contributed by atoms with E-state index in [1.165, 1.54) is 12.1 Å². The van der Waals surface area contributed by atoms with E-state index in [1.54, 1.807) is 12.1 Å². The highest BCUT2D eigenvalue weighted by Crippen LogP contribution is 2.20. The van der Waals surface area contributed by atoms with Crippen molar-refractivity contribution in [1.82, 2.24) is 10.3 Å². The molecule has 0 unspecified atom stereocenters. The zero-order valence-electron chi connectivity index (χ0n) is 15.9. The van der Waals surface area contributed by atoms with Gasteiger partial charge in [-0.05, 0) is 44.0 Å². The first-order valence-corrected chi connectivity index (χ1v) is 9.38. The van der Waals surface area contributed by atoms with Crippen molar-refractivity contribution >= 4 is 17.3 Å². The van der Waals surface area contributed by atoms with Gasteiger partial charge in [-0.1, -0.05) is 42.5 Å². The predicted octanol–water partition coefficient (Wildman–Crippen LogP) is 3.35. The van der Waals surface area contributed by atoms with Crippen LogP contribution in [0.25, 0.3) is 0 Å². The van der Waals surface area contributed by atoms with Crippen LogP contribution in [0.1, 0.15) is 30.9 Å². The molecule has 2 aromatic rings. The highest BCUT2D eigenvalue weighted by atomic mass is 16.6. The fourth-order valence-corrected chi connectivity index (χ4v) is 3.31. The molecule has 0 radical (unpaired) electrons. The maximum atomic E-state index is 12.4. The molecule has 1 N–H and O–H groups in total. The molecule has 0 aromatic heterocycles. The average molecular weight is 380 g/mol. The summed E-state index contributed by atoms with van der Waals surface area (Å²) in [5.41, 5.74) is 5.61. The number of non-ortho nitro benzene ring substituents is 1. The Bertz CT molecular complexity index is 842. The SMILES string of the molecule is C/C(=N\NC(=O)C1CCN(Cc2ccc([N+](=O)[O-])cc2)CC1)c1ccccc1. The fraction of sp³-hybridized carbons (Fsp3) is 0.333. The number of hydrogen-bond donors (Lipinski definition) is 1. The summed E-state index contributed by atoms with van der Waals surface area (Å²) in [6.45, 7) is 4.24. The van der Waals surface area contributed by atoms with E-state index in [-0.39, 0.29) is 17.5 Å². The number of nitro benzene ring substituents is 1. The largest absolute Gasteiger partial charge is 0.299 e. The molecule has 146 valence electrons. The zero-order chi connectivity index (χ0) is 19.9. The lowest BCUT2D eigenvalue weighted by Crippen LogP contribution is -2.39. The van der Waals surface area contributed by atoms with Gasteiger partial charge in [-0.3, -0.25) is 19.8 Å². The van der Waals surface area contributed by atoms with Gasteiger partial charge in [0.1, 0.15) is 0 Å². The van der Waals surface area contributed by atoms with E-state index in [4.69, 9.17) is 0 Å². The highest BCUT2D eigenvalue weighted by molar-refractivity contribution is 5.99. The minimum absolute atomic E-state index is 0.0368. The summed E-state index contributed by atoms with van der Waals surface area (Å²) in [4.78, 5) is 25.0. The number of amides is 1. The molecule has 0 saturated carbocycles. The summed E-state index contributed by atoms with van der Waals surface area (Å²) >= 11 is 0. The van der Waals surface area contributed by atoms with Crippen molar-refractivity contribution in [2.45, 2.75) is 26.3 Å². The standard InChI is InChI=1S/C21H24N4O3/c1-16(18-5-3-2-4-6-18)22-23-21(26)19-11-13-24(14-12-19)15-17-7-9-20(10-8-17)25(27)28/h2-10,19H,11-15H2,1H3,(H,23,26)/b22-16+. The molecule has 0 atom stereocenters. The van der Waals surface area contributed by atoms with Crippen molar-refractivity contribution in [3.63, 3.8) is 0 Å². The summed E-state index contributed by atoms with van der Waals surface area (Å²) in [6, 6.07) is 16.4. The predicted molar refractivity (Wildman–Crippen MR) is 108 cm³/mol. The second kappa shape index (κ2) is 9.23. The van der Waals surface area contributed by atoms with Gasteiger partial charge < -0.3 is 0 Å². The van der Waals surface area contributed by atoms with Gasteiger partial charge in [-0.25, -0.2) is 5.43 Å². The Balaban J connectivity index is 1.46. The van der Waals surface area contributed by atoms with Crippen LogP contribution in [0.2, 0.25) is 0 Å². The van der Waals surface area contributed by atoms with Crippen molar-refractivity contribution in [2.24, 2.45) is 11.0 Å². The molecule has 0 bridgehead atoms. The molecule has 1 aliphatic rings. The van der Waals surface area contributed by atoms with Gasteiger partial charge in [0.05, 0.1) is 10.6 Å². The van der Waals surface area contributed by atoms with Crippen LogP contribution in [-0.4, -0.2) is 34.5 Å². The number of rotatable bonds is 6. The quantitative estimate of drug-likeness (QED) is 0.473. The van der Waals surface area contributed by atoms with Crippen LogP contribution in [-0.2, 0) is 11.3 Å². The molecule has 1 aliphatic heterocycles.